The van der Waals surface area contributed by atoms with Gasteiger partial charge in [-0.1, -0.05) is 36.4 Å². The van der Waals surface area contributed by atoms with Gasteiger partial charge in [0, 0.05) is 23.5 Å². The van der Waals surface area contributed by atoms with Crippen LogP contribution in [0.4, 0.5) is 0 Å². The molecule has 37 heavy (non-hydrogen) atoms. The highest BCUT2D eigenvalue weighted by atomic mass is 35.7. The zero-order valence-electron chi connectivity index (χ0n) is 19.3. The zero-order valence-corrected chi connectivity index (χ0v) is 21.7. The van der Waals surface area contributed by atoms with E-state index in [2.05, 4.69) is 15.4 Å². The molecule has 4 rings (SSSR count). The van der Waals surface area contributed by atoms with E-state index in [0.717, 1.165) is 0 Å². The van der Waals surface area contributed by atoms with Crippen LogP contribution in [0.5, 0.6) is 0 Å². The quantitative estimate of drug-likeness (QED) is 0.290. The van der Waals surface area contributed by atoms with Crippen molar-refractivity contribution in [3.8, 4) is 0 Å². The number of benzene rings is 2. The molecule has 200 valence electrons. The number of rotatable bonds is 4. The van der Waals surface area contributed by atoms with Gasteiger partial charge in [0.1, 0.15) is 6.04 Å². The molecule has 0 spiro atoms. The number of nitrogens with two attached hydrogens (primary N) is 1. The number of carbonyl (C=O) groups excluding carboxylic acids is 4. The van der Waals surface area contributed by atoms with Crippen molar-refractivity contribution in [2.24, 2.45) is 5.73 Å². The molecular weight excluding hydrogens is 548 g/mol. The van der Waals surface area contributed by atoms with E-state index in [4.69, 9.17) is 16.4 Å². The van der Waals surface area contributed by atoms with Gasteiger partial charge >= 0.3 is 0 Å². The Kier molecular flexibility index (Phi) is 10.9. The van der Waals surface area contributed by atoms with E-state index >= 15 is 0 Å². The molecule has 12 nitrogen and oxygen atoms in total. The van der Waals surface area contributed by atoms with Gasteiger partial charge in [-0.15, -0.1) is 0 Å². The molecule has 2 unspecified atom stereocenters. The van der Waals surface area contributed by atoms with E-state index < -0.39 is 37.1 Å². The van der Waals surface area contributed by atoms with Crippen molar-refractivity contribution in [1.29, 1.82) is 0 Å². The summed E-state index contributed by atoms with van der Waals surface area (Å²) >= 11 is 0. The molecule has 2 aromatic carbocycles. The predicted octanol–water partition coefficient (Wildman–Crippen LogP) is 0.135. The summed E-state index contributed by atoms with van der Waals surface area (Å²) in [4.78, 5) is 43.6. The minimum absolute atomic E-state index is 0.0923. The van der Waals surface area contributed by atoms with Crippen molar-refractivity contribution in [2.75, 3.05) is 0 Å². The molecule has 0 aliphatic carbocycles. The maximum absolute atomic E-state index is 12.0. The van der Waals surface area contributed by atoms with Gasteiger partial charge in [-0.05, 0) is 37.1 Å². The number of sulfonamides is 1. The third-order valence-corrected chi connectivity index (χ3v) is 7.75. The van der Waals surface area contributed by atoms with E-state index in [-0.39, 0.29) is 40.4 Å². The molecule has 2 heterocycles. The maximum atomic E-state index is 12.0. The van der Waals surface area contributed by atoms with E-state index in [9.17, 15) is 36.0 Å². The van der Waals surface area contributed by atoms with Crippen LogP contribution in [-0.4, -0.2) is 52.5 Å². The van der Waals surface area contributed by atoms with Crippen LogP contribution in [0.25, 0.3) is 0 Å². The Morgan fingerprint density at radius 1 is 0.730 bits per heavy atom. The van der Waals surface area contributed by atoms with Gasteiger partial charge < -0.3 is 5.73 Å². The van der Waals surface area contributed by atoms with Crippen molar-refractivity contribution in [3.63, 3.8) is 0 Å². The molecule has 0 radical (unpaired) electrons. The first-order valence-electron chi connectivity index (χ1n) is 10.8. The lowest BCUT2D eigenvalue weighted by Crippen LogP contribution is -2.52. The van der Waals surface area contributed by atoms with Crippen molar-refractivity contribution in [3.05, 3.63) is 60.7 Å². The second-order valence-electron chi connectivity index (χ2n) is 7.75. The summed E-state index contributed by atoms with van der Waals surface area (Å²) in [6.45, 7) is 0. The number of imide groups is 2. The number of halogens is 1. The van der Waals surface area contributed by atoms with E-state index in [1.165, 1.54) is 24.3 Å². The highest BCUT2D eigenvalue weighted by Gasteiger charge is 2.30. The molecule has 2 aliphatic rings. The first kappa shape index (κ1) is 30.1. The Hall–Kier alpha value is -3.17. The Bertz CT molecular complexity index is 1340. The van der Waals surface area contributed by atoms with E-state index in [1.807, 2.05) is 0 Å². The number of hydrogen-bond acceptors (Lipinski definition) is 9. The lowest BCUT2D eigenvalue weighted by Gasteiger charge is -2.21. The Balaban J connectivity index is 0.000000214. The molecule has 2 aliphatic heterocycles. The number of carbonyl (C=O) groups is 4. The molecule has 0 saturated carbocycles. The summed E-state index contributed by atoms with van der Waals surface area (Å²) in [5.41, 5.74) is 5.28. The summed E-state index contributed by atoms with van der Waals surface area (Å²) in [5.74, 6) is -1.56. The van der Waals surface area contributed by atoms with Gasteiger partial charge in [0.25, 0.3) is 9.05 Å². The fraction of sp³-hybridized carbons (Fsp3) is 0.273. The standard InChI is InChI=1S/C11H12N2O4S.C6H5ClO2S.C5H8N2O2/c14-10-7-6-9(11(15)12-10)13-18(16,17)8-4-2-1-3-5-8;7-10(8,9)6-4-2-1-3-5-6;6-3-1-2-4(8)7-5(3)9/h1-5,9,13H,6-7H2,(H,12,14,15);1-5H;3H,1-2,6H2,(H,7,8,9). The fourth-order valence-electron chi connectivity index (χ4n) is 2.95. The van der Waals surface area contributed by atoms with Crippen LogP contribution in [0, 0.1) is 0 Å². The molecule has 0 aromatic heterocycles. The third-order valence-electron chi connectivity index (χ3n) is 4.90. The van der Waals surface area contributed by atoms with Gasteiger partial charge in [-0.2, -0.15) is 4.72 Å². The Morgan fingerprint density at radius 3 is 1.59 bits per heavy atom. The first-order valence-corrected chi connectivity index (χ1v) is 14.6. The van der Waals surface area contributed by atoms with Crippen LogP contribution in [-0.2, 0) is 38.3 Å². The van der Waals surface area contributed by atoms with E-state index in [0.29, 0.717) is 12.8 Å². The second-order valence-corrected chi connectivity index (χ2v) is 12.0. The summed E-state index contributed by atoms with van der Waals surface area (Å²) in [6, 6.07) is 14.3. The highest BCUT2D eigenvalue weighted by molar-refractivity contribution is 8.13. The summed E-state index contributed by atoms with van der Waals surface area (Å²) < 4.78 is 47.4. The predicted molar refractivity (Wildman–Crippen MR) is 133 cm³/mol. The van der Waals surface area contributed by atoms with Gasteiger partial charge in [-0.25, -0.2) is 16.8 Å². The molecular formula is C22H25ClN4O8S2. The monoisotopic (exact) mass is 572 g/mol. The lowest BCUT2D eigenvalue weighted by atomic mass is 10.1. The molecule has 15 heteroatoms. The molecule has 4 amide bonds. The summed E-state index contributed by atoms with van der Waals surface area (Å²) in [5, 5.41) is 4.22. The minimum Gasteiger partial charge on any atom is -0.320 e. The molecule has 2 fully saturated rings. The average molecular weight is 573 g/mol. The Morgan fingerprint density at radius 2 is 1.19 bits per heavy atom. The van der Waals surface area contributed by atoms with Crippen LogP contribution < -0.4 is 21.1 Å². The number of amides is 4. The highest BCUT2D eigenvalue weighted by Crippen LogP contribution is 2.13. The van der Waals surface area contributed by atoms with Gasteiger partial charge in [0.15, 0.2) is 0 Å². The van der Waals surface area contributed by atoms with Crippen LogP contribution >= 0.6 is 10.7 Å². The van der Waals surface area contributed by atoms with Crippen LogP contribution in [0.1, 0.15) is 25.7 Å². The summed E-state index contributed by atoms with van der Waals surface area (Å²) in [6.07, 6.45) is 1.15. The van der Waals surface area contributed by atoms with Crippen molar-refractivity contribution in [1.82, 2.24) is 15.4 Å². The minimum atomic E-state index is -3.73. The SMILES string of the molecule is NC1CCC(=O)NC1=O.O=C1CCC(NS(=O)(=O)c2ccccc2)C(=O)N1.O=S(=O)(Cl)c1ccccc1. The number of nitrogens with one attached hydrogen (secondary N) is 3. The number of hydrogen-bond donors (Lipinski definition) is 4. The fourth-order valence-corrected chi connectivity index (χ4v) is 5.00. The van der Waals surface area contributed by atoms with Gasteiger partial charge in [0.2, 0.25) is 33.7 Å². The second kappa shape index (κ2) is 13.4. The van der Waals surface area contributed by atoms with Gasteiger partial charge in [0.05, 0.1) is 15.8 Å². The Labute approximate surface area is 218 Å². The molecule has 2 saturated heterocycles. The average Bonchev–Trinajstić information content (AvgIpc) is 2.85. The molecule has 5 N–H and O–H groups in total. The van der Waals surface area contributed by atoms with Crippen molar-refractivity contribution in [2.45, 2.75) is 47.6 Å². The smallest absolute Gasteiger partial charge is 0.261 e. The molecule has 0 bridgehead atoms. The van der Waals surface area contributed by atoms with Gasteiger partial charge in [-0.3, -0.25) is 29.8 Å². The zero-order chi connectivity index (χ0) is 27.6. The largest absolute Gasteiger partial charge is 0.320 e. The molecule has 2 atom stereocenters. The topological polar surface area (TPSA) is 199 Å². The maximum Gasteiger partial charge on any atom is 0.261 e. The van der Waals surface area contributed by atoms with Crippen LogP contribution in [0.3, 0.4) is 0 Å². The number of piperidine rings is 2. The normalized spacial score (nSPS) is 19.8. The lowest BCUT2D eigenvalue weighted by molar-refractivity contribution is -0.135. The van der Waals surface area contributed by atoms with Crippen molar-refractivity contribution >= 4 is 53.4 Å². The van der Waals surface area contributed by atoms with E-state index in [1.54, 1.807) is 36.4 Å². The summed E-state index contributed by atoms with van der Waals surface area (Å²) in [7, 11) is -2.23. The van der Waals surface area contributed by atoms with Crippen LogP contribution in [0.2, 0.25) is 0 Å². The van der Waals surface area contributed by atoms with Crippen molar-refractivity contribution < 1.29 is 36.0 Å². The molecule has 2 aromatic rings. The first-order chi connectivity index (χ1) is 17.3. The van der Waals surface area contributed by atoms with Crippen LogP contribution in [0.15, 0.2) is 70.5 Å². The third kappa shape index (κ3) is 10.0.